The van der Waals surface area contributed by atoms with E-state index in [1.165, 1.54) is 0 Å². The van der Waals surface area contributed by atoms with Crippen molar-refractivity contribution in [3.8, 4) is 0 Å². The van der Waals surface area contributed by atoms with Gasteiger partial charge in [-0.3, -0.25) is 9.89 Å². The van der Waals surface area contributed by atoms with Gasteiger partial charge in [0, 0.05) is 25.0 Å². The van der Waals surface area contributed by atoms with Crippen molar-refractivity contribution >= 4 is 11.6 Å². The van der Waals surface area contributed by atoms with Crippen LogP contribution in [0.1, 0.15) is 55.2 Å². The van der Waals surface area contributed by atoms with Crippen LogP contribution >= 0.6 is 0 Å². The third kappa shape index (κ3) is 3.05. The predicted octanol–water partition coefficient (Wildman–Crippen LogP) is 1.33. The van der Waals surface area contributed by atoms with E-state index in [0.717, 1.165) is 38.0 Å². The Bertz CT molecular complexity index is 520. The average molecular weight is 291 g/mol. The van der Waals surface area contributed by atoms with E-state index in [1.807, 2.05) is 0 Å². The third-order valence-corrected chi connectivity index (χ3v) is 4.63. The molecule has 2 aliphatic rings. The van der Waals surface area contributed by atoms with Gasteiger partial charge >= 0.3 is 0 Å². The van der Waals surface area contributed by atoms with E-state index in [9.17, 15) is 4.79 Å². The molecule has 0 bridgehead atoms. The van der Waals surface area contributed by atoms with Gasteiger partial charge in [-0.25, -0.2) is 0 Å². The SMILES string of the molecule is CC(C)N1CCC(CNC(=O)c2n[nH]c(C3CC3)c2N)C1. The van der Waals surface area contributed by atoms with Crippen LogP contribution in [0.4, 0.5) is 5.69 Å². The maximum Gasteiger partial charge on any atom is 0.273 e. The highest BCUT2D eigenvalue weighted by molar-refractivity contribution is 5.97. The number of carbonyl (C=O) groups excluding carboxylic acids is 1. The van der Waals surface area contributed by atoms with Crippen LogP contribution in [0, 0.1) is 5.92 Å². The van der Waals surface area contributed by atoms with Crippen LogP contribution in [0.15, 0.2) is 0 Å². The summed E-state index contributed by atoms with van der Waals surface area (Å²) in [4.78, 5) is 14.7. The Morgan fingerprint density at radius 2 is 2.24 bits per heavy atom. The van der Waals surface area contributed by atoms with Crippen molar-refractivity contribution in [1.82, 2.24) is 20.4 Å². The number of hydrogen-bond acceptors (Lipinski definition) is 4. The molecule has 4 N–H and O–H groups in total. The van der Waals surface area contributed by atoms with Crippen LogP contribution in [0.25, 0.3) is 0 Å². The summed E-state index contributed by atoms with van der Waals surface area (Å²) < 4.78 is 0. The van der Waals surface area contributed by atoms with Crippen LogP contribution in [-0.4, -0.2) is 46.7 Å². The minimum absolute atomic E-state index is 0.154. The van der Waals surface area contributed by atoms with Gasteiger partial charge in [0.15, 0.2) is 5.69 Å². The Morgan fingerprint density at radius 3 is 2.86 bits per heavy atom. The van der Waals surface area contributed by atoms with Crippen LogP contribution in [0.5, 0.6) is 0 Å². The lowest BCUT2D eigenvalue weighted by Gasteiger charge is -2.20. The Morgan fingerprint density at radius 1 is 1.48 bits per heavy atom. The van der Waals surface area contributed by atoms with E-state index in [-0.39, 0.29) is 5.91 Å². The smallest absolute Gasteiger partial charge is 0.273 e. The zero-order valence-corrected chi connectivity index (χ0v) is 12.9. The van der Waals surface area contributed by atoms with Crippen molar-refractivity contribution in [2.45, 2.75) is 45.1 Å². The minimum atomic E-state index is -0.154. The summed E-state index contributed by atoms with van der Waals surface area (Å²) in [6, 6.07) is 0.578. The van der Waals surface area contributed by atoms with Gasteiger partial charge in [0.1, 0.15) is 0 Å². The van der Waals surface area contributed by atoms with Gasteiger partial charge in [0.2, 0.25) is 0 Å². The van der Waals surface area contributed by atoms with Gasteiger partial charge in [-0.15, -0.1) is 0 Å². The van der Waals surface area contributed by atoms with Gasteiger partial charge in [0.05, 0.1) is 11.4 Å². The Balaban J connectivity index is 1.53. The lowest BCUT2D eigenvalue weighted by Crippen LogP contribution is -2.33. The largest absolute Gasteiger partial charge is 0.395 e. The van der Waals surface area contributed by atoms with E-state index in [0.29, 0.717) is 35.8 Å². The summed E-state index contributed by atoms with van der Waals surface area (Å²) in [5.74, 6) is 0.853. The molecule has 0 aromatic carbocycles. The molecule has 21 heavy (non-hydrogen) atoms. The summed E-state index contributed by atoms with van der Waals surface area (Å²) in [5, 5.41) is 10.0. The second kappa shape index (κ2) is 5.67. The van der Waals surface area contributed by atoms with Crippen LogP contribution < -0.4 is 11.1 Å². The Kier molecular flexibility index (Phi) is 3.89. The fourth-order valence-corrected chi connectivity index (χ4v) is 3.04. The third-order valence-electron chi connectivity index (χ3n) is 4.63. The highest BCUT2D eigenvalue weighted by Crippen LogP contribution is 2.42. The standard InChI is InChI=1S/C15H25N5O/c1-9(2)20-6-5-10(8-20)7-17-15(21)14-12(16)13(18-19-14)11-3-4-11/h9-11H,3-8,16H2,1-2H3,(H,17,21)(H,18,19). The molecule has 1 saturated carbocycles. The molecule has 3 rings (SSSR count). The van der Waals surface area contributed by atoms with E-state index in [2.05, 4.69) is 34.3 Å². The number of carbonyl (C=O) groups is 1. The Hall–Kier alpha value is -1.56. The molecule has 0 radical (unpaired) electrons. The molecule has 1 aliphatic heterocycles. The normalized spacial score (nSPS) is 22.9. The molecular weight excluding hydrogens is 266 g/mol. The lowest BCUT2D eigenvalue weighted by molar-refractivity contribution is 0.0943. The second-order valence-corrected chi connectivity index (χ2v) is 6.63. The monoisotopic (exact) mass is 291 g/mol. The molecular formula is C15H25N5O. The fraction of sp³-hybridized carbons (Fsp3) is 0.733. The number of likely N-dealkylation sites (tertiary alicyclic amines) is 1. The molecule has 1 unspecified atom stereocenters. The van der Waals surface area contributed by atoms with Crippen LogP contribution in [-0.2, 0) is 0 Å². The molecule has 1 saturated heterocycles. The van der Waals surface area contributed by atoms with Crippen LogP contribution in [0.2, 0.25) is 0 Å². The summed E-state index contributed by atoms with van der Waals surface area (Å²) >= 11 is 0. The first-order chi connectivity index (χ1) is 10.1. The van der Waals surface area contributed by atoms with Gasteiger partial charge < -0.3 is 16.0 Å². The minimum Gasteiger partial charge on any atom is -0.395 e. The zero-order chi connectivity index (χ0) is 15.0. The number of nitrogens with zero attached hydrogens (tertiary/aromatic N) is 2. The van der Waals surface area contributed by atoms with Crippen LogP contribution in [0.3, 0.4) is 0 Å². The van der Waals surface area contributed by atoms with E-state index < -0.39 is 0 Å². The lowest BCUT2D eigenvalue weighted by atomic mass is 10.1. The predicted molar refractivity (Wildman–Crippen MR) is 82.1 cm³/mol. The summed E-state index contributed by atoms with van der Waals surface area (Å²) in [6.45, 7) is 7.30. The van der Waals surface area contributed by atoms with Crippen molar-refractivity contribution in [3.05, 3.63) is 11.4 Å². The molecule has 1 atom stereocenters. The number of nitrogen functional groups attached to an aromatic ring is 1. The summed E-state index contributed by atoms with van der Waals surface area (Å²) in [5.41, 5.74) is 7.85. The molecule has 1 amide bonds. The average Bonchev–Trinajstić information content (AvgIpc) is 3.04. The first kappa shape index (κ1) is 14.4. The first-order valence-corrected chi connectivity index (χ1v) is 7.92. The van der Waals surface area contributed by atoms with E-state index >= 15 is 0 Å². The van der Waals surface area contributed by atoms with Crippen molar-refractivity contribution in [3.63, 3.8) is 0 Å². The fourth-order valence-electron chi connectivity index (χ4n) is 3.04. The molecule has 0 spiro atoms. The molecule has 2 heterocycles. The number of aromatic amines is 1. The first-order valence-electron chi connectivity index (χ1n) is 7.92. The zero-order valence-electron chi connectivity index (χ0n) is 12.9. The van der Waals surface area contributed by atoms with E-state index in [4.69, 9.17) is 5.73 Å². The molecule has 6 heteroatoms. The molecule has 1 aliphatic carbocycles. The maximum absolute atomic E-state index is 12.2. The molecule has 1 aromatic heterocycles. The molecule has 6 nitrogen and oxygen atoms in total. The van der Waals surface area contributed by atoms with Gasteiger partial charge in [0.25, 0.3) is 5.91 Å². The van der Waals surface area contributed by atoms with Crippen molar-refractivity contribution < 1.29 is 4.79 Å². The number of aromatic nitrogens is 2. The number of rotatable bonds is 5. The number of H-pyrrole nitrogens is 1. The highest BCUT2D eigenvalue weighted by atomic mass is 16.1. The second-order valence-electron chi connectivity index (χ2n) is 6.63. The molecule has 1 aromatic rings. The number of nitrogens with one attached hydrogen (secondary N) is 2. The van der Waals surface area contributed by atoms with E-state index in [1.54, 1.807) is 0 Å². The number of amides is 1. The van der Waals surface area contributed by atoms with Gasteiger partial charge in [-0.2, -0.15) is 5.10 Å². The molecule has 2 fully saturated rings. The number of hydrogen-bond donors (Lipinski definition) is 3. The topological polar surface area (TPSA) is 87.0 Å². The Labute approximate surface area is 125 Å². The summed E-state index contributed by atoms with van der Waals surface area (Å²) in [7, 11) is 0. The van der Waals surface area contributed by atoms with Gasteiger partial charge in [-0.05, 0) is 45.6 Å². The highest BCUT2D eigenvalue weighted by Gasteiger charge is 2.30. The molecule has 116 valence electrons. The van der Waals surface area contributed by atoms with Gasteiger partial charge in [-0.1, -0.05) is 0 Å². The number of anilines is 1. The maximum atomic E-state index is 12.2. The summed E-state index contributed by atoms with van der Waals surface area (Å²) in [6.07, 6.45) is 3.42. The number of nitrogens with two attached hydrogens (primary N) is 1. The van der Waals surface area contributed by atoms with Crippen molar-refractivity contribution in [2.24, 2.45) is 5.92 Å². The quantitative estimate of drug-likeness (QED) is 0.764. The van der Waals surface area contributed by atoms with Crippen molar-refractivity contribution in [1.29, 1.82) is 0 Å². The van der Waals surface area contributed by atoms with Crippen molar-refractivity contribution in [2.75, 3.05) is 25.4 Å².